The van der Waals surface area contributed by atoms with Gasteiger partial charge in [-0.2, -0.15) is 0 Å². The number of carbonyl (C=O) groups excluding carboxylic acids is 2. The van der Waals surface area contributed by atoms with E-state index in [1.54, 1.807) is 18.2 Å². The number of nitrogens with zero attached hydrogens (tertiary/aromatic N) is 1. The van der Waals surface area contributed by atoms with Gasteiger partial charge in [0.1, 0.15) is 12.1 Å². The quantitative estimate of drug-likeness (QED) is 0.485. The third-order valence-corrected chi connectivity index (χ3v) is 2.79. The van der Waals surface area contributed by atoms with Gasteiger partial charge in [-0.15, -0.1) is 0 Å². The lowest BCUT2D eigenvalue weighted by atomic mass is 10.1. The molecular weight excluding hydrogens is 254 g/mol. The fourth-order valence-electron chi connectivity index (χ4n) is 1.56. The number of halogens is 1. The largest absolute Gasteiger partial charge is 0.469 e. The predicted molar refractivity (Wildman–Crippen MR) is 67.7 cm³/mol. The number of rotatable bonds is 3. The van der Waals surface area contributed by atoms with E-state index in [0.717, 1.165) is 5.39 Å². The second-order valence-corrected chi connectivity index (χ2v) is 4.09. The van der Waals surface area contributed by atoms with Gasteiger partial charge >= 0.3 is 5.97 Å². The van der Waals surface area contributed by atoms with Crippen molar-refractivity contribution in [3.63, 3.8) is 0 Å². The van der Waals surface area contributed by atoms with Gasteiger partial charge in [-0.25, -0.2) is 4.98 Å². The molecule has 18 heavy (non-hydrogen) atoms. The molecule has 0 spiro atoms. The minimum atomic E-state index is -0.582. The molecule has 0 saturated heterocycles. The number of hydrogen-bond donors (Lipinski definition) is 0. The lowest BCUT2D eigenvalue weighted by Crippen LogP contribution is -2.10. The lowest BCUT2D eigenvalue weighted by Gasteiger charge is -2.03. The van der Waals surface area contributed by atoms with Crippen LogP contribution in [0.4, 0.5) is 0 Å². The van der Waals surface area contributed by atoms with E-state index in [1.807, 2.05) is 12.1 Å². The fraction of sp³-hybridized carbons (Fsp3) is 0.154. The molecule has 4 nitrogen and oxygen atoms in total. The zero-order chi connectivity index (χ0) is 13.1. The third-order valence-electron chi connectivity index (χ3n) is 2.49. The molecule has 1 aromatic carbocycles. The minimum Gasteiger partial charge on any atom is -0.469 e. The first-order valence-corrected chi connectivity index (χ1v) is 5.65. The second-order valence-electron chi connectivity index (χ2n) is 3.68. The molecule has 0 bridgehead atoms. The van der Waals surface area contributed by atoms with Gasteiger partial charge in [0.2, 0.25) is 0 Å². The normalized spacial score (nSPS) is 10.3. The highest BCUT2D eigenvalue weighted by atomic mass is 35.5. The summed E-state index contributed by atoms with van der Waals surface area (Å²) in [5.41, 5.74) is 0.760. The van der Waals surface area contributed by atoms with E-state index < -0.39 is 5.97 Å². The number of para-hydroxylation sites is 1. The summed E-state index contributed by atoms with van der Waals surface area (Å²) in [4.78, 5) is 27.0. The topological polar surface area (TPSA) is 56.3 Å². The van der Waals surface area contributed by atoms with Crippen molar-refractivity contribution in [3.05, 3.63) is 41.0 Å². The molecular formula is C13H10ClNO3. The molecule has 0 aliphatic rings. The van der Waals surface area contributed by atoms with Crippen LogP contribution in [-0.2, 0) is 9.53 Å². The third kappa shape index (κ3) is 2.49. The molecule has 1 heterocycles. The van der Waals surface area contributed by atoms with Crippen LogP contribution in [-0.4, -0.2) is 23.8 Å². The van der Waals surface area contributed by atoms with E-state index in [-0.39, 0.29) is 17.9 Å². The first kappa shape index (κ1) is 12.5. The highest BCUT2D eigenvalue weighted by molar-refractivity contribution is 6.35. The maximum absolute atomic E-state index is 11.8. The number of hydrogen-bond acceptors (Lipinski definition) is 4. The summed E-state index contributed by atoms with van der Waals surface area (Å²) in [6.45, 7) is 0. The van der Waals surface area contributed by atoms with Gasteiger partial charge in [0.05, 0.1) is 17.6 Å². The summed E-state index contributed by atoms with van der Waals surface area (Å²) in [7, 11) is 1.24. The van der Waals surface area contributed by atoms with E-state index in [1.165, 1.54) is 7.11 Å². The molecule has 0 aliphatic heterocycles. The molecule has 0 saturated carbocycles. The van der Waals surface area contributed by atoms with Gasteiger partial charge in [0.15, 0.2) is 5.78 Å². The average molecular weight is 264 g/mol. The molecule has 92 valence electrons. The SMILES string of the molecule is COC(=O)CC(=O)c1ccc2cccc(Cl)c2n1. The zero-order valence-electron chi connectivity index (χ0n) is 9.64. The van der Waals surface area contributed by atoms with Crippen LogP contribution in [0.3, 0.4) is 0 Å². The van der Waals surface area contributed by atoms with Crippen molar-refractivity contribution in [3.8, 4) is 0 Å². The summed E-state index contributed by atoms with van der Waals surface area (Å²) in [6, 6.07) is 8.68. The predicted octanol–water partition coefficient (Wildman–Crippen LogP) is 2.63. The Labute approximate surface area is 109 Å². The standard InChI is InChI=1S/C13H10ClNO3/c1-18-12(17)7-11(16)10-6-5-8-3-2-4-9(14)13(8)15-10/h2-6H,7H2,1H3. The van der Waals surface area contributed by atoms with Crippen molar-refractivity contribution in [2.75, 3.05) is 7.11 Å². The maximum Gasteiger partial charge on any atom is 0.313 e. The summed E-state index contributed by atoms with van der Waals surface area (Å²) in [5.74, 6) is -0.968. The Bertz CT molecular complexity index is 625. The van der Waals surface area contributed by atoms with Crippen LogP contribution < -0.4 is 0 Å². The smallest absolute Gasteiger partial charge is 0.313 e. The van der Waals surface area contributed by atoms with Crippen LogP contribution in [0, 0.1) is 0 Å². The summed E-state index contributed by atoms with van der Waals surface area (Å²) >= 11 is 6.00. The van der Waals surface area contributed by atoms with Crippen LogP contribution >= 0.6 is 11.6 Å². The van der Waals surface area contributed by atoms with Crippen molar-refractivity contribution in [2.45, 2.75) is 6.42 Å². The van der Waals surface area contributed by atoms with Gasteiger partial charge < -0.3 is 4.74 Å². The lowest BCUT2D eigenvalue weighted by molar-refractivity contribution is -0.139. The van der Waals surface area contributed by atoms with E-state index in [4.69, 9.17) is 11.6 Å². The first-order valence-electron chi connectivity index (χ1n) is 5.27. The number of pyridine rings is 1. The Hall–Kier alpha value is -1.94. The number of esters is 1. The monoisotopic (exact) mass is 263 g/mol. The molecule has 0 fully saturated rings. The fourth-order valence-corrected chi connectivity index (χ4v) is 1.78. The molecule has 5 heteroatoms. The van der Waals surface area contributed by atoms with Gasteiger partial charge in [-0.05, 0) is 12.1 Å². The molecule has 0 amide bonds. The summed E-state index contributed by atoms with van der Waals surface area (Å²) < 4.78 is 4.44. The number of methoxy groups -OCH3 is 1. The van der Waals surface area contributed by atoms with Crippen molar-refractivity contribution < 1.29 is 14.3 Å². The summed E-state index contributed by atoms with van der Waals surface area (Å²) in [6.07, 6.45) is -0.320. The van der Waals surface area contributed by atoms with Crippen molar-refractivity contribution in [1.82, 2.24) is 4.98 Å². The second kappa shape index (κ2) is 5.14. The molecule has 0 N–H and O–H groups in total. The minimum absolute atomic E-state index is 0.209. The van der Waals surface area contributed by atoms with Crippen LogP contribution in [0.1, 0.15) is 16.9 Å². The van der Waals surface area contributed by atoms with E-state index in [0.29, 0.717) is 10.5 Å². The molecule has 2 aromatic rings. The summed E-state index contributed by atoms with van der Waals surface area (Å²) in [5, 5.41) is 1.32. The van der Waals surface area contributed by atoms with Crippen LogP contribution in [0.2, 0.25) is 5.02 Å². The van der Waals surface area contributed by atoms with Gasteiger partial charge in [0, 0.05) is 5.39 Å². The van der Waals surface area contributed by atoms with Gasteiger partial charge in [-0.1, -0.05) is 29.8 Å². The Morgan fingerprint density at radius 2 is 2.06 bits per heavy atom. The number of ketones is 1. The molecule has 0 radical (unpaired) electrons. The average Bonchev–Trinajstić information content (AvgIpc) is 2.38. The first-order chi connectivity index (χ1) is 8.61. The van der Waals surface area contributed by atoms with Gasteiger partial charge in [0.25, 0.3) is 0 Å². The molecule has 0 aliphatic carbocycles. The van der Waals surface area contributed by atoms with Crippen LogP contribution in [0.5, 0.6) is 0 Å². The molecule has 0 unspecified atom stereocenters. The van der Waals surface area contributed by atoms with Crippen LogP contribution in [0.25, 0.3) is 10.9 Å². The van der Waals surface area contributed by atoms with Gasteiger partial charge in [-0.3, -0.25) is 9.59 Å². The maximum atomic E-state index is 11.8. The Morgan fingerprint density at radius 3 is 2.78 bits per heavy atom. The van der Waals surface area contributed by atoms with E-state index >= 15 is 0 Å². The van der Waals surface area contributed by atoms with Crippen LogP contribution in [0.15, 0.2) is 30.3 Å². The molecule has 1 aromatic heterocycles. The number of fused-ring (bicyclic) bond motifs is 1. The van der Waals surface area contributed by atoms with Crippen molar-refractivity contribution in [2.24, 2.45) is 0 Å². The number of carbonyl (C=O) groups is 2. The van der Waals surface area contributed by atoms with Crippen molar-refractivity contribution in [1.29, 1.82) is 0 Å². The van der Waals surface area contributed by atoms with E-state index in [2.05, 4.69) is 9.72 Å². The number of aromatic nitrogens is 1. The number of ether oxygens (including phenoxy) is 1. The molecule has 2 rings (SSSR count). The highest BCUT2D eigenvalue weighted by Gasteiger charge is 2.14. The molecule has 0 atom stereocenters. The zero-order valence-corrected chi connectivity index (χ0v) is 10.4. The highest BCUT2D eigenvalue weighted by Crippen LogP contribution is 2.21. The van der Waals surface area contributed by atoms with E-state index in [9.17, 15) is 9.59 Å². The Kier molecular flexibility index (Phi) is 3.58. The number of benzene rings is 1. The Morgan fingerprint density at radius 1 is 1.28 bits per heavy atom. The van der Waals surface area contributed by atoms with Crippen molar-refractivity contribution >= 4 is 34.3 Å². The number of Topliss-reactive ketones (excluding diaryl/α,β-unsaturated/α-hetero) is 1. The Balaban J connectivity index is 2.38.